The molecule has 1 saturated carbocycles. The molecular weight excluding hydrogens is 378 g/mol. The van der Waals surface area contributed by atoms with Crippen molar-refractivity contribution >= 4 is 5.91 Å². The number of hydrogen-bond donors (Lipinski definition) is 0. The van der Waals surface area contributed by atoms with E-state index < -0.39 is 0 Å². The number of rotatable bonds is 3. The maximum Gasteiger partial charge on any atom is 0.227 e. The molecule has 30 heavy (non-hydrogen) atoms. The summed E-state index contributed by atoms with van der Waals surface area (Å²) >= 11 is 0. The fraction of sp³-hybridized carbons (Fsp3) is 0.480. The lowest BCUT2D eigenvalue weighted by Crippen LogP contribution is -2.49. The third-order valence-electron chi connectivity index (χ3n) is 7.09. The van der Waals surface area contributed by atoms with Crippen LogP contribution in [0.25, 0.3) is 0 Å². The smallest absolute Gasteiger partial charge is 0.227 e. The van der Waals surface area contributed by atoms with E-state index in [0.717, 1.165) is 42.2 Å². The lowest BCUT2D eigenvalue weighted by atomic mass is 9.71. The standard InChI is InChI=1S/C25H29NO4/c1-17-19-14-22-23(30-12-11-29-22)15-20(19)25(9-5-6-10-25)16-26(17)24(27)13-18-7-3-4-8-21(18)28-2/h3-4,7-8,14-15,17H,5-6,9-13,16H2,1-2H3. The quantitative estimate of drug-likeness (QED) is 0.756. The van der Waals surface area contributed by atoms with Crippen LogP contribution in [0.1, 0.15) is 55.3 Å². The molecule has 2 heterocycles. The lowest BCUT2D eigenvalue weighted by molar-refractivity contribution is -0.134. The second-order valence-electron chi connectivity index (χ2n) is 8.76. The van der Waals surface area contributed by atoms with Gasteiger partial charge in [-0.25, -0.2) is 0 Å². The summed E-state index contributed by atoms with van der Waals surface area (Å²) < 4.78 is 17.2. The molecule has 1 unspecified atom stereocenters. The first-order valence-electron chi connectivity index (χ1n) is 11.0. The molecule has 158 valence electrons. The fourth-order valence-electron chi connectivity index (χ4n) is 5.52. The molecule has 5 heteroatoms. The average Bonchev–Trinajstić information content (AvgIpc) is 3.25. The van der Waals surface area contributed by atoms with Gasteiger partial charge in [-0.05, 0) is 49.1 Å². The first-order valence-corrected chi connectivity index (χ1v) is 11.0. The Kier molecular flexibility index (Phi) is 4.84. The van der Waals surface area contributed by atoms with E-state index in [-0.39, 0.29) is 17.4 Å². The molecule has 5 rings (SSSR count). The zero-order valence-electron chi connectivity index (χ0n) is 17.8. The first-order chi connectivity index (χ1) is 14.6. The average molecular weight is 408 g/mol. The Balaban J connectivity index is 1.51. The van der Waals surface area contributed by atoms with Gasteiger partial charge < -0.3 is 19.1 Å². The minimum Gasteiger partial charge on any atom is -0.496 e. The Morgan fingerprint density at radius 2 is 1.83 bits per heavy atom. The number of nitrogens with zero attached hydrogens (tertiary/aromatic N) is 1. The number of fused-ring (bicyclic) bond motifs is 3. The van der Waals surface area contributed by atoms with Gasteiger partial charge in [-0.3, -0.25) is 4.79 Å². The van der Waals surface area contributed by atoms with Crippen molar-refractivity contribution in [2.24, 2.45) is 0 Å². The van der Waals surface area contributed by atoms with Gasteiger partial charge in [0.15, 0.2) is 11.5 Å². The predicted octanol–water partition coefficient (Wildman–Crippen LogP) is 4.42. The van der Waals surface area contributed by atoms with Gasteiger partial charge in [0.1, 0.15) is 19.0 Å². The second kappa shape index (κ2) is 7.53. The van der Waals surface area contributed by atoms with E-state index in [1.165, 1.54) is 24.0 Å². The molecule has 0 N–H and O–H groups in total. The first kappa shape index (κ1) is 19.3. The van der Waals surface area contributed by atoms with Crippen LogP contribution in [-0.2, 0) is 16.6 Å². The summed E-state index contributed by atoms with van der Waals surface area (Å²) in [6.45, 7) is 4.07. The molecular formula is C25H29NO4. The zero-order valence-corrected chi connectivity index (χ0v) is 17.8. The molecule has 0 radical (unpaired) electrons. The molecule has 1 spiro atoms. The minimum absolute atomic E-state index is 0.00394. The number of para-hydroxylation sites is 1. The van der Waals surface area contributed by atoms with Gasteiger partial charge in [-0.2, -0.15) is 0 Å². The number of carbonyl (C=O) groups is 1. The van der Waals surface area contributed by atoms with Gasteiger partial charge in [-0.1, -0.05) is 31.0 Å². The van der Waals surface area contributed by atoms with Crippen LogP contribution in [0, 0.1) is 0 Å². The summed E-state index contributed by atoms with van der Waals surface area (Å²) in [7, 11) is 1.65. The number of hydrogen-bond acceptors (Lipinski definition) is 4. The molecule has 2 aliphatic heterocycles. The highest BCUT2D eigenvalue weighted by Crippen LogP contribution is 2.52. The van der Waals surface area contributed by atoms with Crippen molar-refractivity contribution in [3.05, 3.63) is 53.1 Å². The van der Waals surface area contributed by atoms with Crippen LogP contribution in [0.2, 0.25) is 0 Å². The topological polar surface area (TPSA) is 48.0 Å². The van der Waals surface area contributed by atoms with Crippen LogP contribution in [0.5, 0.6) is 17.2 Å². The zero-order chi connectivity index (χ0) is 20.7. The van der Waals surface area contributed by atoms with Crippen molar-refractivity contribution in [1.29, 1.82) is 0 Å². The monoisotopic (exact) mass is 407 g/mol. The second-order valence-corrected chi connectivity index (χ2v) is 8.76. The predicted molar refractivity (Wildman–Crippen MR) is 114 cm³/mol. The van der Waals surface area contributed by atoms with Gasteiger partial charge in [0.25, 0.3) is 0 Å². The SMILES string of the molecule is COc1ccccc1CC(=O)N1CC2(CCCC2)c2cc3c(cc2C1C)OCCO3. The fourth-order valence-corrected chi connectivity index (χ4v) is 5.52. The summed E-state index contributed by atoms with van der Waals surface area (Å²) in [5.74, 6) is 2.58. The van der Waals surface area contributed by atoms with Gasteiger partial charge in [0.2, 0.25) is 5.91 Å². The highest BCUT2D eigenvalue weighted by Gasteiger charge is 2.46. The molecule has 2 aromatic rings. The van der Waals surface area contributed by atoms with Gasteiger partial charge in [-0.15, -0.1) is 0 Å². The maximum absolute atomic E-state index is 13.5. The molecule has 0 saturated heterocycles. The Bertz CT molecular complexity index is 964. The Morgan fingerprint density at radius 1 is 1.13 bits per heavy atom. The van der Waals surface area contributed by atoms with Crippen molar-refractivity contribution in [2.45, 2.75) is 50.5 Å². The van der Waals surface area contributed by atoms with Crippen LogP contribution in [0.15, 0.2) is 36.4 Å². The van der Waals surface area contributed by atoms with Crippen molar-refractivity contribution < 1.29 is 19.0 Å². The molecule has 5 nitrogen and oxygen atoms in total. The third kappa shape index (κ3) is 3.11. The van der Waals surface area contributed by atoms with Crippen LogP contribution in [0.4, 0.5) is 0 Å². The molecule has 1 atom stereocenters. The largest absolute Gasteiger partial charge is 0.496 e. The van der Waals surface area contributed by atoms with Crippen LogP contribution in [0.3, 0.4) is 0 Å². The number of methoxy groups -OCH3 is 1. The van der Waals surface area contributed by atoms with Gasteiger partial charge in [0.05, 0.1) is 19.6 Å². The molecule has 1 fully saturated rings. The van der Waals surface area contributed by atoms with E-state index in [1.54, 1.807) is 7.11 Å². The molecule has 0 aromatic heterocycles. The minimum atomic E-state index is 0.00394. The highest BCUT2D eigenvalue weighted by molar-refractivity contribution is 5.81. The molecule has 3 aliphatic rings. The number of carbonyl (C=O) groups excluding carboxylic acids is 1. The molecule has 0 bridgehead atoms. The number of amides is 1. The Morgan fingerprint density at radius 3 is 2.57 bits per heavy atom. The van der Waals surface area contributed by atoms with Crippen LogP contribution >= 0.6 is 0 Å². The lowest BCUT2D eigenvalue weighted by Gasteiger charge is -2.46. The Labute approximate surface area is 177 Å². The highest BCUT2D eigenvalue weighted by atomic mass is 16.6. The van der Waals surface area contributed by atoms with Crippen LogP contribution < -0.4 is 14.2 Å². The maximum atomic E-state index is 13.5. The van der Waals surface area contributed by atoms with Crippen molar-refractivity contribution in [3.63, 3.8) is 0 Å². The molecule has 1 aliphatic carbocycles. The van der Waals surface area contributed by atoms with E-state index in [4.69, 9.17) is 14.2 Å². The summed E-state index contributed by atoms with van der Waals surface area (Å²) in [4.78, 5) is 15.6. The van der Waals surface area contributed by atoms with E-state index in [1.807, 2.05) is 24.3 Å². The number of ether oxygens (including phenoxy) is 3. The third-order valence-corrected chi connectivity index (χ3v) is 7.09. The van der Waals surface area contributed by atoms with Crippen molar-refractivity contribution in [1.82, 2.24) is 4.90 Å². The van der Waals surface area contributed by atoms with E-state index >= 15 is 0 Å². The van der Waals surface area contributed by atoms with Crippen molar-refractivity contribution in [3.8, 4) is 17.2 Å². The summed E-state index contributed by atoms with van der Waals surface area (Å²) in [6.07, 6.45) is 4.99. The summed E-state index contributed by atoms with van der Waals surface area (Å²) in [6, 6.07) is 12.1. The van der Waals surface area contributed by atoms with Crippen molar-refractivity contribution in [2.75, 3.05) is 26.9 Å². The van der Waals surface area contributed by atoms with E-state index in [0.29, 0.717) is 19.6 Å². The Hall–Kier alpha value is -2.69. The number of benzene rings is 2. The molecule has 2 aromatic carbocycles. The van der Waals surface area contributed by atoms with Crippen LogP contribution in [-0.4, -0.2) is 37.7 Å². The molecule has 1 amide bonds. The van der Waals surface area contributed by atoms with E-state index in [2.05, 4.69) is 24.0 Å². The summed E-state index contributed by atoms with van der Waals surface area (Å²) in [5, 5.41) is 0. The van der Waals surface area contributed by atoms with Gasteiger partial charge in [0, 0.05) is 17.5 Å². The van der Waals surface area contributed by atoms with Gasteiger partial charge >= 0.3 is 0 Å². The normalized spacial score (nSPS) is 21.4. The van der Waals surface area contributed by atoms with E-state index in [9.17, 15) is 4.79 Å². The summed E-state index contributed by atoms with van der Waals surface area (Å²) in [5.41, 5.74) is 3.53.